The molecule has 1 aliphatic heterocycles. The zero-order valence-corrected chi connectivity index (χ0v) is 16.9. The van der Waals surface area contributed by atoms with Crippen molar-refractivity contribution in [1.82, 2.24) is 4.98 Å². The topological polar surface area (TPSA) is 42.4 Å². The molecule has 27 heavy (non-hydrogen) atoms. The van der Waals surface area contributed by atoms with Crippen molar-refractivity contribution in [2.45, 2.75) is 30.3 Å². The lowest BCUT2D eigenvalue weighted by Gasteiger charge is -2.23. The van der Waals surface area contributed by atoms with Crippen molar-refractivity contribution in [3.8, 4) is 0 Å². The molecule has 1 unspecified atom stereocenters. The van der Waals surface area contributed by atoms with Crippen molar-refractivity contribution >= 4 is 44.4 Å². The molecule has 1 aromatic heterocycles. The summed E-state index contributed by atoms with van der Waals surface area (Å²) >= 11 is 3.27. The Bertz CT molecular complexity index is 920. The van der Waals surface area contributed by atoms with E-state index in [4.69, 9.17) is 9.72 Å². The summed E-state index contributed by atoms with van der Waals surface area (Å²) in [6.45, 7) is 1.35. The third kappa shape index (κ3) is 4.18. The summed E-state index contributed by atoms with van der Waals surface area (Å²) in [6.07, 6.45) is 4.58. The Hall–Kier alpha value is -1.89. The van der Waals surface area contributed by atoms with Crippen LogP contribution in [0.15, 0.2) is 53.4 Å². The number of rotatable bonds is 6. The van der Waals surface area contributed by atoms with Crippen molar-refractivity contribution in [2.75, 3.05) is 24.3 Å². The number of benzene rings is 2. The van der Waals surface area contributed by atoms with Gasteiger partial charge in [-0.05, 0) is 36.8 Å². The number of anilines is 1. The Morgan fingerprint density at radius 1 is 1.26 bits per heavy atom. The predicted molar refractivity (Wildman–Crippen MR) is 113 cm³/mol. The number of hydrogen-bond donors (Lipinski definition) is 0. The first-order valence-electron chi connectivity index (χ1n) is 9.14. The quantitative estimate of drug-likeness (QED) is 0.561. The first kappa shape index (κ1) is 18.5. The van der Waals surface area contributed by atoms with Gasteiger partial charge in [0.25, 0.3) is 0 Å². The normalized spacial score (nSPS) is 16.7. The zero-order chi connectivity index (χ0) is 18.6. The maximum absolute atomic E-state index is 13.2. The van der Waals surface area contributed by atoms with Gasteiger partial charge in [0.15, 0.2) is 5.13 Å². The highest BCUT2D eigenvalue weighted by Gasteiger charge is 2.26. The molecular formula is C21H22N2O2S2. The number of thioether (sulfide) groups is 1. The number of carbonyl (C=O) groups is 1. The van der Waals surface area contributed by atoms with E-state index in [9.17, 15) is 4.79 Å². The lowest BCUT2D eigenvalue weighted by Crippen LogP contribution is -2.38. The van der Waals surface area contributed by atoms with Crippen molar-refractivity contribution in [1.29, 1.82) is 0 Å². The first-order valence-corrected chi connectivity index (χ1v) is 11.2. The number of nitrogens with zero attached hydrogens (tertiary/aromatic N) is 2. The van der Waals surface area contributed by atoms with Crippen LogP contribution in [0.1, 0.15) is 18.4 Å². The van der Waals surface area contributed by atoms with Crippen LogP contribution in [0.4, 0.5) is 5.13 Å². The van der Waals surface area contributed by atoms with Crippen molar-refractivity contribution < 1.29 is 9.53 Å². The molecule has 0 radical (unpaired) electrons. The van der Waals surface area contributed by atoms with E-state index in [1.807, 2.05) is 41.3 Å². The molecule has 1 amide bonds. The van der Waals surface area contributed by atoms with Gasteiger partial charge in [0.2, 0.25) is 5.91 Å². The number of hydrogen-bond acceptors (Lipinski definition) is 5. The van der Waals surface area contributed by atoms with Crippen molar-refractivity contribution in [2.24, 2.45) is 0 Å². The molecule has 0 N–H and O–H groups in total. The molecule has 6 heteroatoms. The molecule has 0 aliphatic carbocycles. The van der Waals surface area contributed by atoms with Crippen LogP contribution < -0.4 is 4.90 Å². The van der Waals surface area contributed by atoms with Crippen LogP contribution in [0.2, 0.25) is 0 Å². The van der Waals surface area contributed by atoms with Crippen LogP contribution in [-0.2, 0) is 16.0 Å². The number of para-hydroxylation sites is 1. The molecule has 1 saturated heterocycles. The van der Waals surface area contributed by atoms with Crippen LogP contribution in [0.5, 0.6) is 0 Å². The second-order valence-corrected chi connectivity index (χ2v) is 8.46. The fourth-order valence-electron chi connectivity index (χ4n) is 3.34. The summed E-state index contributed by atoms with van der Waals surface area (Å²) in [5.41, 5.74) is 2.00. The molecule has 0 bridgehead atoms. The summed E-state index contributed by atoms with van der Waals surface area (Å²) < 4.78 is 6.92. The highest BCUT2D eigenvalue weighted by Crippen LogP contribution is 2.34. The van der Waals surface area contributed by atoms with Gasteiger partial charge in [-0.3, -0.25) is 9.69 Å². The van der Waals surface area contributed by atoms with Crippen LogP contribution in [-0.4, -0.2) is 36.4 Å². The van der Waals surface area contributed by atoms with Gasteiger partial charge in [-0.2, -0.15) is 0 Å². The molecular weight excluding hydrogens is 376 g/mol. The summed E-state index contributed by atoms with van der Waals surface area (Å²) in [6, 6.07) is 16.1. The number of fused-ring (bicyclic) bond motifs is 1. The van der Waals surface area contributed by atoms with E-state index in [0.717, 1.165) is 45.3 Å². The van der Waals surface area contributed by atoms with E-state index in [1.54, 1.807) is 23.1 Å². The maximum Gasteiger partial charge on any atom is 0.233 e. The fourth-order valence-corrected chi connectivity index (χ4v) is 4.98. The van der Waals surface area contributed by atoms with E-state index in [0.29, 0.717) is 13.0 Å². The monoisotopic (exact) mass is 398 g/mol. The number of ether oxygens (including phenoxy) is 1. The van der Waals surface area contributed by atoms with Gasteiger partial charge >= 0.3 is 0 Å². The molecule has 1 fully saturated rings. The van der Waals surface area contributed by atoms with E-state index in [-0.39, 0.29) is 12.0 Å². The summed E-state index contributed by atoms with van der Waals surface area (Å²) in [5, 5.41) is 0.767. The van der Waals surface area contributed by atoms with E-state index < -0.39 is 0 Å². The third-order valence-electron chi connectivity index (χ3n) is 4.73. The highest BCUT2D eigenvalue weighted by molar-refractivity contribution is 7.98. The average molecular weight is 399 g/mol. The minimum absolute atomic E-state index is 0.0708. The third-order valence-corrected chi connectivity index (χ3v) is 6.54. The SMILES string of the molecule is CSc1cccc2sc(N(CC3CCCO3)C(=O)Cc3ccccc3)nc12. The lowest BCUT2D eigenvalue weighted by molar-refractivity contribution is -0.118. The standard InChI is InChI=1S/C21H22N2O2S2/c1-26-17-10-5-11-18-20(17)22-21(27-18)23(14-16-9-6-12-25-16)19(24)13-15-7-3-2-4-8-15/h2-5,7-8,10-11,16H,6,9,12-14H2,1H3. The molecule has 1 atom stereocenters. The lowest BCUT2D eigenvalue weighted by atomic mass is 10.1. The summed E-state index contributed by atoms with van der Waals surface area (Å²) in [4.78, 5) is 21.0. The molecule has 2 heterocycles. The second-order valence-electron chi connectivity index (χ2n) is 6.61. The van der Waals surface area contributed by atoms with Gasteiger partial charge in [0, 0.05) is 11.5 Å². The van der Waals surface area contributed by atoms with Gasteiger partial charge in [-0.1, -0.05) is 47.7 Å². The Labute approximate surface area is 167 Å². The Kier molecular flexibility index (Phi) is 5.76. The van der Waals surface area contributed by atoms with Gasteiger partial charge in [-0.15, -0.1) is 11.8 Å². The van der Waals surface area contributed by atoms with Crippen molar-refractivity contribution in [3.05, 3.63) is 54.1 Å². The molecule has 0 spiro atoms. The van der Waals surface area contributed by atoms with Gasteiger partial charge in [0.05, 0.1) is 29.3 Å². The van der Waals surface area contributed by atoms with Crippen LogP contribution >= 0.6 is 23.1 Å². The zero-order valence-electron chi connectivity index (χ0n) is 15.3. The number of amides is 1. The summed E-state index contributed by atoms with van der Waals surface area (Å²) in [7, 11) is 0. The molecule has 4 nitrogen and oxygen atoms in total. The second kappa shape index (κ2) is 8.42. The summed E-state index contributed by atoms with van der Waals surface area (Å²) in [5.74, 6) is 0.0708. The predicted octanol–water partition coefficient (Wildman–Crippen LogP) is 4.77. The highest BCUT2D eigenvalue weighted by atomic mass is 32.2. The van der Waals surface area contributed by atoms with E-state index in [1.165, 1.54) is 0 Å². The van der Waals surface area contributed by atoms with E-state index >= 15 is 0 Å². The van der Waals surface area contributed by atoms with Gasteiger partial charge in [0.1, 0.15) is 0 Å². The Morgan fingerprint density at radius 2 is 2.11 bits per heavy atom. The maximum atomic E-state index is 13.2. The number of carbonyl (C=O) groups excluding carboxylic acids is 1. The molecule has 3 aromatic rings. The first-order chi connectivity index (χ1) is 13.2. The minimum atomic E-state index is 0.0708. The number of aromatic nitrogens is 1. The average Bonchev–Trinajstić information content (AvgIpc) is 3.35. The van der Waals surface area contributed by atoms with Crippen LogP contribution in [0.25, 0.3) is 10.2 Å². The van der Waals surface area contributed by atoms with Crippen LogP contribution in [0, 0.1) is 0 Å². The fraction of sp³-hybridized carbons (Fsp3) is 0.333. The molecule has 4 rings (SSSR count). The smallest absolute Gasteiger partial charge is 0.233 e. The van der Waals surface area contributed by atoms with Gasteiger partial charge < -0.3 is 4.74 Å². The van der Waals surface area contributed by atoms with E-state index in [2.05, 4.69) is 18.4 Å². The minimum Gasteiger partial charge on any atom is -0.376 e. The molecule has 0 saturated carbocycles. The number of thiazole rings is 1. The molecule has 2 aromatic carbocycles. The van der Waals surface area contributed by atoms with Crippen molar-refractivity contribution in [3.63, 3.8) is 0 Å². The molecule has 1 aliphatic rings. The molecule has 140 valence electrons. The Morgan fingerprint density at radius 3 is 2.85 bits per heavy atom. The Balaban J connectivity index is 1.65. The van der Waals surface area contributed by atoms with Crippen LogP contribution in [0.3, 0.4) is 0 Å². The van der Waals surface area contributed by atoms with Gasteiger partial charge in [-0.25, -0.2) is 4.98 Å². The largest absolute Gasteiger partial charge is 0.376 e.